The van der Waals surface area contributed by atoms with Crippen LogP contribution in [0.1, 0.15) is 11.1 Å². The topological polar surface area (TPSA) is 53.0 Å². The highest BCUT2D eigenvalue weighted by molar-refractivity contribution is 6.30. The van der Waals surface area contributed by atoms with Crippen LogP contribution in [0.4, 0.5) is 11.4 Å². The van der Waals surface area contributed by atoms with E-state index in [2.05, 4.69) is 6.07 Å². The molecule has 0 radical (unpaired) electrons. The zero-order valence-electron chi connectivity index (χ0n) is 10.6. The molecule has 3 nitrogen and oxygen atoms in total. The van der Waals surface area contributed by atoms with Crippen molar-refractivity contribution in [2.45, 2.75) is 6.54 Å². The molecule has 4 heteroatoms. The first-order valence-corrected chi connectivity index (χ1v) is 6.23. The van der Waals surface area contributed by atoms with Gasteiger partial charge in [0.2, 0.25) is 0 Å². The summed E-state index contributed by atoms with van der Waals surface area (Å²) in [6, 6.07) is 15.0. The van der Waals surface area contributed by atoms with Gasteiger partial charge in [-0.1, -0.05) is 17.7 Å². The van der Waals surface area contributed by atoms with Gasteiger partial charge in [-0.3, -0.25) is 0 Å². The predicted octanol–water partition coefficient (Wildman–Crippen LogP) is 3.43. The van der Waals surface area contributed by atoms with Gasteiger partial charge in [0.1, 0.15) is 0 Å². The van der Waals surface area contributed by atoms with Crippen LogP contribution in [0, 0.1) is 11.3 Å². The van der Waals surface area contributed by atoms with Gasteiger partial charge in [0.25, 0.3) is 0 Å². The molecule has 2 aromatic rings. The van der Waals surface area contributed by atoms with Gasteiger partial charge in [0.05, 0.1) is 11.6 Å². The fourth-order valence-electron chi connectivity index (χ4n) is 1.87. The highest BCUT2D eigenvalue weighted by Crippen LogP contribution is 2.22. The fraction of sp³-hybridized carbons (Fsp3) is 0.133. The van der Waals surface area contributed by atoms with Gasteiger partial charge in [0.15, 0.2) is 0 Å². The molecule has 0 heterocycles. The van der Waals surface area contributed by atoms with E-state index in [1.165, 1.54) is 0 Å². The third-order valence-electron chi connectivity index (χ3n) is 2.93. The Morgan fingerprint density at radius 2 is 2.05 bits per heavy atom. The zero-order chi connectivity index (χ0) is 13.8. The van der Waals surface area contributed by atoms with Crippen molar-refractivity contribution < 1.29 is 0 Å². The highest BCUT2D eigenvalue weighted by Gasteiger charge is 2.06. The van der Waals surface area contributed by atoms with Gasteiger partial charge in [-0.15, -0.1) is 0 Å². The molecule has 0 atom stereocenters. The molecule has 96 valence electrons. The van der Waals surface area contributed by atoms with Gasteiger partial charge in [-0.05, 0) is 42.0 Å². The van der Waals surface area contributed by atoms with E-state index in [1.807, 2.05) is 36.2 Å². The molecule has 19 heavy (non-hydrogen) atoms. The van der Waals surface area contributed by atoms with Crippen LogP contribution in [0.25, 0.3) is 0 Å². The average Bonchev–Trinajstić information content (AvgIpc) is 2.43. The molecule has 0 aromatic heterocycles. The molecule has 0 unspecified atom stereocenters. The molecule has 0 aliphatic carbocycles. The van der Waals surface area contributed by atoms with Crippen LogP contribution in [0.5, 0.6) is 0 Å². The van der Waals surface area contributed by atoms with E-state index in [-0.39, 0.29) is 0 Å². The van der Waals surface area contributed by atoms with E-state index in [0.29, 0.717) is 22.8 Å². The maximum absolute atomic E-state index is 8.91. The summed E-state index contributed by atoms with van der Waals surface area (Å²) >= 11 is 5.98. The van der Waals surface area contributed by atoms with Crippen LogP contribution < -0.4 is 10.6 Å². The summed E-state index contributed by atoms with van der Waals surface area (Å²) in [5.41, 5.74) is 9.23. The number of nitrogen functional groups attached to an aromatic ring is 1. The maximum Gasteiger partial charge on any atom is 0.0992 e. The molecule has 0 saturated carbocycles. The van der Waals surface area contributed by atoms with Crippen LogP contribution >= 0.6 is 11.6 Å². The molecule has 2 aromatic carbocycles. The quantitative estimate of drug-likeness (QED) is 0.870. The summed E-state index contributed by atoms with van der Waals surface area (Å²) in [7, 11) is 1.96. The smallest absolute Gasteiger partial charge is 0.0992 e. The summed E-state index contributed by atoms with van der Waals surface area (Å²) in [5, 5.41) is 9.58. The van der Waals surface area contributed by atoms with Crippen LogP contribution in [-0.2, 0) is 6.54 Å². The minimum absolute atomic E-state index is 0.640. The van der Waals surface area contributed by atoms with Crippen molar-refractivity contribution in [3.05, 3.63) is 58.6 Å². The van der Waals surface area contributed by atoms with Gasteiger partial charge in [0, 0.05) is 30.0 Å². The Morgan fingerprint density at radius 1 is 1.26 bits per heavy atom. The average molecular weight is 272 g/mol. The normalized spacial score (nSPS) is 9.95. The third-order valence-corrected chi connectivity index (χ3v) is 3.16. The van der Waals surface area contributed by atoms with Gasteiger partial charge in [-0.25, -0.2) is 0 Å². The summed E-state index contributed by atoms with van der Waals surface area (Å²) in [4.78, 5) is 2.03. The van der Waals surface area contributed by atoms with Crippen LogP contribution in [-0.4, -0.2) is 7.05 Å². The number of nitrogens with zero attached hydrogens (tertiary/aromatic N) is 2. The van der Waals surface area contributed by atoms with Crippen molar-refractivity contribution in [3.63, 3.8) is 0 Å². The lowest BCUT2D eigenvalue weighted by Crippen LogP contribution is -2.17. The van der Waals surface area contributed by atoms with Crippen molar-refractivity contribution >= 4 is 23.0 Å². The number of rotatable bonds is 3. The van der Waals surface area contributed by atoms with E-state index >= 15 is 0 Å². The maximum atomic E-state index is 8.91. The zero-order valence-corrected chi connectivity index (χ0v) is 11.4. The fourth-order valence-corrected chi connectivity index (χ4v) is 2.07. The second-order valence-corrected chi connectivity index (χ2v) is 4.80. The number of anilines is 2. The minimum atomic E-state index is 0.640. The molecular weight excluding hydrogens is 258 g/mol. The number of hydrogen-bond donors (Lipinski definition) is 1. The lowest BCUT2D eigenvalue weighted by molar-refractivity contribution is 0.925. The van der Waals surface area contributed by atoms with E-state index in [0.717, 1.165) is 11.3 Å². The van der Waals surface area contributed by atoms with Crippen molar-refractivity contribution in [2.75, 3.05) is 17.7 Å². The first kappa shape index (κ1) is 13.3. The molecule has 0 aliphatic heterocycles. The van der Waals surface area contributed by atoms with Gasteiger partial charge < -0.3 is 10.6 Å². The Bertz CT molecular complexity index is 632. The molecule has 0 fully saturated rings. The standard InChI is InChI=1S/C15H14ClN3/c1-19(14-4-2-3-11(7-14)9-17)10-12-8-13(16)5-6-15(12)18/h2-8H,10,18H2,1H3. The Hall–Kier alpha value is -2.18. The molecular formula is C15H14ClN3. The Kier molecular flexibility index (Phi) is 3.94. The lowest BCUT2D eigenvalue weighted by Gasteiger charge is -2.20. The van der Waals surface area contributed by atoms with Crippen molar-refractivity contribution in [3.8, 4) is 6.07 Å². The molecule has 2 N–H and O–H groups in total. The predicted molar refractivity (Wildman–Crippen MR) is 79.1 cm³/mol. The molecule has 0 spiro atoms. The number of nitriles is 1. The molecule has 0 aliphatic rings. The largest absolute Gasteiger partial charge is 0.398 e. The summed E-state index contributed by atoms with van der Waals surface area (Å²) in [6.07, 6.45) is 0. The highest BCUT2D eigenvalue weighted by atomic mass is 35.5. The number of nitrogens with two attached hydrogens (primary N) is 1. The van der Waals surface area contributed by atoms with Gasteiger partial charge >= 0.3 is 0 Å². The number of halogens is 1. The van der Waals surface area contributed by atoms with Crippen molar-refractivity contribution in [1.82, 2.24) is 0 Å². The van der Waals surface area contributed by atoms with E-state index in [4.69, 9.17) is 22.6 Å². The first-order chi connectivity index (χ1) is 9.10. The number of benzene rings is 2. The molecule has 2 rings (SSSR count). The second-order valence-electron chi connectivity index (χ2n) is 4.36. The molecule has 0 amide bonds. The monoisotopic (exact) mass is 271 g/mol. The van der Waals surface area contributed by atoms with E-state index in [1.54, 1.807) is 18.2 Å². The van der Waals surface area contributed by atoms with Gasteiger partial charge in [-0.2, -0.15) is 5.26 Å². The van der Waals surface area contributed by atoms with Crippen molar-refractivity contribution in [2.24, 2.45) is 0 Å². The minimum Gasteiger partial charge on any atom is -0.398 e. The second kappa shape index (κ2) is 5.64. The molecule has 0 bridgehead atoms. The Labute approximate surface area is 117 Å². The molecule has 0 saturated heterocycles. The van der Waals surface area contributed by atoms with Crippen LogP contribution in [0.2, 0.25) is 5.02 Å². The summed E-state index contributed by atoms with van der Waals surface area (Å²) in [5.74, 6) is 0. The Morgan fingerprint density at radius 3 is 2.79 bits per heavy atom. The summed E-state index contributed by atoms with van der Waals surface area (Å²) < 4.78 is 0. The van der Waals surface area contributed by atoms with Crippen molar-refractivity contribution in [1.29, 1.82) is 5.26 Å². The summed E-state index contributed by atoms with van der Waals surface area (Å²) in [6.45, 7) is 0.640. The lowest BCUT2D eigenvalue weighted by atomic mass is 10.1. The van der Waals surface area contributed by atoms with E-state index in [9.17, 15) is 0 Å². The Balaban J connectivity index is 2.23. The van der Waals surface area contributed by atoms with Crippen LogP contribution in [0.3, 0.4) is 0 Å². The third kappa shape index (κ3) is 3.18. The first-order valence-electron chi connectivity index (χ1n) is 5.85. The number of hydrogen-bond acceptors (Lipinski definition) is 3. The van der Waals surface area contributed by atoms with Crippen LogP contribution in [0.15, 0.2) is 42.5 Å². The van der Waals surface area contributed by atoms with E-state index < -0.39 is 0 Å². The SMILES string of the molecule is CN(Cc1cc(Cl)ccc1N)c1cccc(C#N)c1.